The summed E-state index contributed by atoms with van der Waals surface area (Å²) >= 11 is 0. The summed E-state index contributed by atoms with van der Waals surface area (Å²) in [7, 11) is 0. The van der Waals surface area contributed by atoms with E-state index in [1.165, 1.54) is 12.8 Å². The van der Waals surface area contributed by atoms with Gasteiger partial charge in [-0.2, -0.15) is 5.10 Å². The highest BCUT2D eigenvalue weighted by Gasteiger charge is 2.14. The van der Waals surface area contributed by atoms with Gasteiger partial charge in [-0.15, -0.1) is 0 Å². The Balaban J connectivity index is 1.93. The number of anilines is 1. The topological polar surface area (TPSA) is 55.9 Å². The van der Waals surface area contributed by atoms with Crippen molar-refractivity contribution in [1.29, 1.82) is 0 Å². The lowest BCUT2D eigenvalue weighted by molar-refractivity contribution is 0.327. The van der Waals surface area contributed by atoms with E-state index in [0.717, 1.165) is 25.5 Å². The molecule has 1 atom stereocenters. The first kappa shape index (κ1) is 8.56. The second kappa shape index (κ2) is 3.79. The van der Waals surface area contributed by atoms with E-state index in [2.05, 4.69) is 10.4 Å². The molecule has 1 unspecified atom stereocenters. The van der Waals surface area contributed by atoms with Crippen LogP contribution in [0.4, 0.5) is 5.82 Å². The minimum Gasteiger partial charge on any atom is -0.384 e. The third-order valence-corrected chi connectivity index (χ3v) is 2.58. The van der Waals surface area contributed by atoms with E-state index in [1.54, 1.807) is 6.20 Å². The number of hydrogen-bond donors (Lipinski definition) is 2. The molecule has 0 bridgehead atoms. The van der Waals surface area contributed by atoms with Crippen LogP contribution >= 0.6 is 0 Å². The van der Waals surface area contributed by atoms with Crippen molar-refractivity contribution < 1.29 is 0 Å². The molecule has 1 aromatic rings. The van der Waals surface area contributed by atoms with E-state index in [0.29, 0.717) is 5.92 Å². The van der Waals surface area contributed by atoms with Crippen molar-refractivity contribution in [3.63, 3.8) is 0 Å². The van der Waals surface area contributed by atoms with Gasteiger partial charge < -0.3 is 11.1 Å². The van der Waals surface area contributed by atoms with Crippen molar-refractivity contribution in [3.8, 4) is 0 Å². The molecule has 1 aliphatic heterocycles. The van der Waals surface area contributed by atoms with Gasteiger partial charge in [0, 0.05) is 6.54 Å². The molecule has 72 valence electrons. The van der Waals surface area contributed by atoms with Crippen molar-refractivity contribution in [2.75, 3.05) is 18.8 Å². The predicted molar refractivity (Wildman–Crippen MR) is 52.2 cm³/mol. The highest BCUT2D eigenvalue weighted by atomic mass is 15.3. The number of nitrogens with two attached hydrogens (primary N) is 1. The summed E-state index contributed by atoms with van der Waals surface area (Å²) in [4.78, 5) is 0. The quantitative estimate of drug-likeness (QED) is 0.695. The van der Waals surface area contributed by atoms with Crippen molar-refractivity contribution in [2.45, 2.75) is 19.4 Å². The summed E-state index contributed by atoms with van der Waals surface area (Å²) < 4.78 is 1.89. The van der Waals surface area contributed by atoms with E-state index in [4.69, 9.17) is 5.73 Å². The van der Waals surface area contributed by atoms with Gasteiger partial charge in [0.1, 0.15) is 5.82 Å². The highest BCUT2D eigenvalue weighted by Crippen LogP contribution is 2.13. The summed E-state index contributed by atoms with van der Waals surface area (Å²) in [5, 5.41) is 7.56. The molecule has 2 heterocycles. The lowest BCUT2D eigenvalue weighted by Gasteiger charge is -2.22. The van der Waals surface area contributed by atoms with Crippen LogP contribution in [0.2, 0.25) is 0 Å². The van der Waals surface area contributed by atoms with Gasteiger partial charge in [0.25, 0.3) is 0 Å². The zero-order valence-electron chi connectivity index (χ0n) is 7.74. The molecule has 1 aliphatic rings. The predicted octanol–water partition coefficient (Wildman–Crippen LogP) is 0.465. The van der Waals surface area contributed by atoms with Gasteiger partial charge in [-0.05, 0) is 37.9 Å². The Morgan fingerprint density at radius 2 is 2.62 bits per heavy atom. The van der Waals surface area contributed by atoms with Gasteiger partial charge in [-0.25, -0.2) is 4.68 Å². The van der Waals surface area contributed by atoms with Crippen LogP contribution in [0, 0.1) is 5.92 Å². The lowest BCUT2D eigenvalue weighted by Crippen LogP contribution is -2.32. The van der Waals surface area contributed by atoms with Crippen LogP contribution in [0.3, 0.4) is 0 Å². The van der Waals surface area contributed by atoms with Crippen molar-refractivity contribution in [2.24, 2.45) is 5.92 Å². The molecule has 3 N–H and O–H groups in total. The summed E-state index contributed by atoms with van der Waals surface area (Å²) in [6, 6.07) is 1.84. The van der Waals surface area contributed by atoms with Crippen LogP contribution in [0.25, 0.3) is 0 Å². The van der Waals surface area contributed by atoms with Crippen LogP contribution in [0.1, 0.15) is 12.8 Å². The number of rotatable bonds is 2. The molecule has 0 aliphatic carbocycles. The fourth-order valence-corrected chi connectivity index (χ4v) is 1.82. The molecule has 1 aromatic heterocycles. The van der Waals surface area contributed by atoms with Crippen molar-refractivity contribution in [1.82, 2.24) is 15.1 Å². The van der Waals surface area contributed by atoms with Gasteiger partial charge in [0.15, 0.2) is 0 Å². The molecule has 0 saturated carbocycles. The van der Waals surface area contributed by atoms with E-state index in [1.807, 2.05) is 10.7 Å². The number of nitrogens with one attached hydrogen (secondary N) is 1. The van der Waals surface area contributed by atoms with E-state index < -0.39 is 0 Å². The van der Waals surface area contributed by atoms with Crippen LogP contribution < -0.4 is 11.1 Å². The molecular weight excluding hydrogens is 164 g/mol. The zero-order chi connectivity index (χ0) is 9.10. The average Bonchev–Trinajstić information content (AvgIpc) is 2.54. The largest absolute Gasteiger partial charge is 0.384 e. The molecule has 0 aromatic carbocycles. The number of hydrogen-bond acceptors (Lipinski definition) is 3. The maximum Gasteiger partial charge on any atom is 0.121 e. The standard InChI is InChI=1S/C9H16N4/c10-9-3-5-12-13(9)7-8-2-1-4-11-6-8/h3,5,8,11H,1-2,4,6-7,10H2. The zero-order valence-corrected chi connectivity index (χ0v) is 7.74. The first-order chi connectivity index (χ1) is 6.36. The molecule has 1 saturated heterocycles. The molecule has 0 spiro atoms. The maximum atomic E-state index is 5.74. The van der Waals surface area contributed by atoms with Gasteiger partial charge in [-0.3, -0.25) is 0 Å². The van der Waals surface area contributed by atoms with E-state index in [9.17, 15) is 0 Å². The molecule has 0 radical (unpaired) electrons. The minimum absolute atomic E-state index is 0.691. The molecule has 4 heteroatoms. The lowest BCUT2D eigenvalue weighted by atomic mass is 10.00. The van der Waals surface area contributed by atoms with Gasteiger partial charge in [0.2, 0.25) is 0 Å². The van der Waals surface area contributed by atoms with Crippen molar-refractivity contribution in [3.05, 3.63) is 12.3 Å². The summed E-state index contributed by atoms with van der Waals surface area (Å²) in [5.74, 6) is 1.46. The highest BCUT2D eigenvalue weighted by molar-refractivity contribution is 5.25. The Labute approximate surface area is 78.1 Å². The fraction of sp³-hybridized carbons (Fsp3) is 0.667. The first-order valence-corrected chi connectivity index (χ1v) is 4.84. The van der Waals surface area contributed by atoms with E-state index >= 15 is 0 Å². The Morgan fingerprint density at radius 3 is 3.23 bits per heavy atom. The number of nitrogens with zero attached hydrogens (tertiary/aromatic N) is 2. The maximum absolute atomic E-state index is 5.74. The third-order valence-electron chi connectivity index (χ3n) is 2.58. The third kappa shape index (κ3) is 2.01. The van der Waals surface area contributed by atoms with Crippen molar-refractivity contribution >= 4 is 5.82 Å². The Morgan fingerprint density at radius 1 is 1.69 bits per heavy atom. The molecule has 13 heavy (non-hydrogen) atoms. The van der Waals surface area contributed by atoms with Crippen LogP contribution in [0.15, 0.2) is 12.3 Å². The van der Waals surface area contributed by atoms with Gasteiger partial charge in [-0.1, -0.05) is 0 Å². The number of piperidine rings is 1. The molecule has 2 rings (SSSR count). The fourth-order valence-electron chi connectivity index (χ4n) is 1.82. The second-order valence-corrected chi connectivity index (χ2v) is 3.65. The normalized spacial score (nSPS) is 23.2. The summed E-state index contributed by atoms with van der Waals surface area (Å²) in [5.41, 5.74) is 5.74. The summed E-state index contributed by atoms with van der Waals surface area (Å²) in [6.45, 7) is 3.20. The molecule has 1 fully saturated rings. The van der Waals surface area contributed by atoms with Gasteiger partial charge >= 0.3 is 0 Å². The van der Waals surface area contributed by atoms with Crippen LogP contribution in [0.5, 0.6) is 0 Å². The smallest absolute Gasteiger partial charge is 0.121 e. The monoisotopic (exact) mass is 180 g/mol. The Kier molecular flexibility index (Phi) is 2.49. The average molecular weight is 180 g/mol. The van der Waals surface area contributed by atoms with E-state index in [-0.39, 0.29) is 0 Å². The van der Waals surface area contributed by atoms with Crippen LogP contribution in [-0.2, 0) is 6.54 Å². The first-order valence-electron chi connectivity index (χ1n) is 4.84. The number of aromatic nitrogens is 2. The molecule has 0 amide bonds. The molecular formula is C9H16N4. The number of nitrogen functional groups attached to an aromatic ring is 1. The van der Waals surface area contributed by atoms with Gasteiger partial charge in [0.05, 0.1) is 6.20 Å². The SMILES string of the molecule is Nc1ccnn1CC1CCCNC1. The van der Waals surface area contributed by atoms with Crippen LogP contribution in [-0.4, -0.2) is 22.9 Å². The Hall–Kier alpha value is -1.03. The Bertz CT molecular complexity index is 262. The second-order valence-electron chi connectivity index (χ2n) is 3.65. The minimum atomic E-state index is 0.691. The molecule has 4 nitrogen and oxygen atoms in total. The summed E-state index contributed by atoms with van der Waals surface area (Å²) in [6.07, 6.45) is 4.31.